The summed E-state index contributed by atoms with van der Waals surface area (Å²) in [7, 11) is -1.96. The maximum absolute atomic E-state index is 14.9. The van der Waals surface area contributed by atoms with Gasteiger partial charge in [-0.05, 0) is 72.7 Å². The zero-order valence-corrected chi connectivity index (χ0v) is 23.4. The Labute approximate surface area is 229 Å². The van der Waals surface area contributed by atoms with E-state index in [0.29, 0.717) is 28.8 Å². The highest BCUT2D eigenvalue weighted by molar-refractivity contribution is 7.88. The van der Waals surface area contributed by atoms with E-state index in [1.807, 2.05) is 4.90 Å². The van der Waals surface area contributed by atoms with Gasteiger partial charge in [0.25, 0.3) is 0 Å². The van der Waals surface area contributed by atoms with E-state index >= 15 is 0 Å². The van der Waals surface area contributed by atoms with Crippen LogP contribution >= 0.6 is 0 Å². The van der Waals surface area contributed by atoms with Crippen molar-refractivity contribution >= 4 is 27.7 Å². The number of aldehydes is 1. The Morgan fingerprint density at radius 1 is 1.26 bits per heavy atom. The molecule has 1 saturated heterocycles. The average molecular weight is 558 g/mol. The van der Waals surface area contributed by atoms with E-state index < -0.39 is 27.8 Å². The summed E-state index contributed by atoms with van der Waals surface area (Å²) < 4.78 is 40.2. The molecule has 2 N–H and O–H groups in total. The maximum atomic E-state index is 14.9. The lowest BCUT2D eigenvalue weighted by Gasteiger charge is -2.44. The van der Waals surface area contributed by atoms with Crippen molar-refractivity contribution in [3.05, 3.63) is 70.5 Å². The normalized spacial score (nSPS) is 22.7. The third-order valence-corrected chi connectivity index (χ3v) is 9.24. The number of nitrogens with one attached hydrogen (secondary N) is 1. The Hall–Kier alpha value is -2.92. The summed E-state index contributed by atoms with van der Waals surface area (Å²) in [6, 6.07) is 10.2. The van der Waals surface area contributed by atoms with Crippen LogP contribution in [0, 0.1) is 24.6 Å². The first-order chi connectivity index (χ1) is 18.5. The first kappa shape index (κ1) is 29.1. The maximum Gasteiger partial charge on any atom is 0.210 e. The summed E-state index contributed by atoms with van der Waals surface area (Å²) in [6.07, 6.45) is 3.67. The smallest absolute Gasteiger partial charge is 0.210 e. The number of phenolic OH excluding ortho intramolecular Hbond substituents is 1. The molecule has 210 valence electrons. The van der Waals surface area contributed by atoms with E-state index in [2.05, 4.69) is 5.32 Å². The van der Waals surface area contributed by atoms with Crippen LogP contribution in [0.15, 0.2) is 48.0 Å². The van der Waals surface area contributed by atoms with Crippen molar-refractivity contribution in [1.29, 1.82) is 0 Å². The van der Waals surface area contributed by atoms with Gasteiger partial charge in [-0.25, -0.2) is 17.1 Å². The van der Waals surface area contributed by atoms with Crippen molar-refractivity contribution < 1.29 is 27.5 Å². The number of rotatable bonds is 9. The van der Waals surface area contributed by atoms with Crippen molar-refractivity contribution in [2.24, 2.45) is 11.8 Å². The van der Waals surface area contributed by atoms with Crippen LogP contribution in [0.5, 0.6) is 5.75 Å². The minimum Gasteiger partial charge on any atom is -0.508 e. The number of hydrogen-bond donors (Lipinski definition) is 2. The first-order valence-electron chi connectivity index (χ1n) is 13.2. The lowest BCUT2D eigenvalue weighted by molar-refractivity contribution is -0.111. The highest BCUT2D eigenvalue weighted by Crippen LogP contribution is 2.43. The highest BCUT2D eigenvalue weighted by atomic mass is 32.2. The topological polar surface area (TPSA) is 107 Å². The Morgan fingerprint density at radius 3 is 2.64 bits per heavy atom. The number of likely N-dealkylation sites (N-methyl/N-ethyl adjacent to an activating group) is 1. The number of nitrogens with zero attached hydrogens (tertiary/aromatic N) is 2. The van der Waals surface area contributed by atoms with Gasteiger partial charge in [-0.3, -0.25) is 9.69 Å². The summed E-state index contributed by atoms with van der Waals surface area (Å²) in [5.74, 6) is -1.52. The molecule has 2 aliphatic heterocycles. The Kier molecular flexibility index (Phi) is 9.00. The number of piperidine rings is 1. The van der Waals surface area contributed by atoms with Gasteiger partial charge in [0.2, 0.25) is 10.0 Å². The second-order valence-corrected chi connectivity index (χ2v) is 12.5. The average Bonchev–Trinajstić information content (AvgIpc) is 2.92. The number of carbonyl (C=O) groups is 2. The number of benzene rings is 2. The zero-order valence-electron chi connectivity index (χ0n) is 22.6. The molecule has 1 fully saturated rings. The fourth-order valence-electron chi connectivity index (χ4n) is 5.72. The van der Waals surface area contributed by atoms with Gasteiger partial charge in [0, 0.05) is 38.8 Å². The Balaban J connectivity index is 1.92. The minimum atomic E-state index is -3.44. The number of sulfonamides is 1. The molecule has 10 heteroatoms. The summed E-state index contributed by atoms with van der Waals surface area (Å²) in [5, 5.41) is 13.5. The van der Waals surface area contributed by atoms with Crippen LogP contribution in [0.4, 0.5) is 4.39 Å². The highest BCUT2D eigenvalue weighted by Gasteiger charge is 2.42. The quantitative estimate of drug-likeness (QED) is 0.361. The van der Waals surface area contributed by atoms with E-state index in [-0.39, 0.29) is 37.1 Å². The summed E-state index contributed by atoms with van der Waals surface area (Å²) >= 11 is 0. The number of hydrogen-bond acceptors (Lipinski definition) is 7. The molecule has 2 aromatic carbocycles. The molecule has 3 atom stereocenters. The fraction of sp³-hybridized carbons (Fsp3) is 0.448. The third-order valence-electron chi connectivity index (χ3n) is 7.93. The summed E-state index contributed by atoms with van der Waals surface area (Å²) in [6.45, 7) is 3.65. The standard InChI is InChI=1S/C29H36FN3O5S/c1-19-23(10-5-11-25(19)30)28-24(29(36)20-7-4-9-22(35)15-20)17-33(14-13-32(2)39(3,37)38)26(18-34)27(28)21-8-6-12-31-16-21/h4-5,7,9-11,15,18,21,24,26,31,35H,6,8,12-14,16-17H2,1-3H3/t21?,24-,26+/m1/s1. The second-order valence-electron chi connectivity index (χ2n) is 10.5. The van der Waals surface area contributed by atoms with E-state index in [4.69, 9.17) is 0 Å². The Bertz CT molecular complexity index is 1370. The van der Waals surface area contributed by atoms with Crippen LogP contribution in [0.3, 0.4) is 0 Å². The van der Waals surface area contributed by atoms with Crippen molar-refractivity contribution in [1.82, 2.24) is 14.5 Å². The Morgan fingerprint density at radius 2 is 2.00 bits per heavy atom. The van der Waals surface area contributed by atoms with Crippen LogP contribution in [0.25, 0.3) is 5.57 Å². The van der Waals surface area contributed by atoms with E-state index in [0.717, 1.165) is 37.5 Å². The van der Waals surface area contributed by atoms with Crippen LogP contribution in [-0.4, -0.2) is 86.9 Å². The predicted molar refractivity (Wildman–Crippen MR) is 148 cm³/mol. The van der Waals surface area contributed by atoms with Crippen molar-refractivity contribution in [3.8, 4) is 5.75 Å². The molecule has 39 heavy (non-hydrogen) atoms. The fourth-order valence-corrected chi connectivity index (χ4v) is 6.13. The SMILES string of the molecule is Cc1c(F)cccc1C1=C(C2CCCNC2)[C@H](C=O)N(CCN(C)S(C)(=O)=O)C[C@H]1C(=O)c1cccc(O)c1. The van der Waals surface area contributed by atoms with Crippen LogP contribution in [0.2, 0.25) is 0 Å². The molecule has 0 saturated carbocycles. The largest absolute Gasteiger partial charge is 0.508 e. The van der Waals surface area contributed by atoms with Gasteiger partial charge in [0.05, 0.1) is 18.2 Å². The monoisotopic (exact) mass is 557 g/mol. The number of ketones is 1. The molecule has 2 aliphatic rings. The number of Topliss-reactive ketones (excluding diaryl/α,β-unsaturated/α-hetero) is 1. The van der Waals surface area contributed by atoms with Crippen molar-refractivity contribution in [2.75, 3.05) is 46.0 Å². The van der Waals surface area contributed by atoms with Gasteiger partial charge in [0.1, 0.15) is 17.9 Å². The van der Waals surface area contributed by atoms with E-state index in [9.17, 15) is 27.5 Å². The molecule has 0 aromatic heterocycles. The predicted octanol–water partition coefficient (Wildman–Crippen LogP) is 2.87. The first-order valence-corrected chi connectivity index (χ1v) is 15.0. The zero-order chi connectivity index (χ0) is 28.3. The molecule has 0 aliphatic carbocycles. The van der Waals surface area contributed by atoms with Crippen molar-refractivity contribution in [3.63, 3.8) is 0 Å². The molecule has 2 heterocycles. The number of halogens is 1. The van der Waals surface area contributed by atoms with Crippen LogP contribution in [-0.2, 0) is 14.8 Å². The summed E-state index contributed by atoms with van der Waals surface area (Å²) in [5.41, 5.74) is 2.73. The second kappa shape index (κ2) is 12.1. The molecule has 8 nitrogen and oxygen atoms in total. The molecule has 0 amide bonds. The van der Waals surface area contributed by atoms with Crippen LogP contribution < -0.4 is 5.32 Å². The van der Waals surface area contributed by atoms with Gasteiger partial charge in [-0.2, -0.15) is 0 Å². The lowest BCUT2D eigenvalue weighted by Crippen LogP contribution is -2.52. The van der Waals surface area contributed by atoms with Crippen LogP contribution in [0.1, 0.15) is 34.3 Å². The molecule has 0 radical (unpaired) electrons. The third kappa shape index (κ3) is 6.30. The van der Waals surface area contributed by atoms with Crippen molar-refractivity contribution in [2.45, 2.75) is 25.8 Å². The van der Waals surface area contributed by atoms with E-state index in [1.54, 1.807) is 31.2 Å². The van der Waals surface area contributed by atoms with Gasteiger partial charge in [0.15, 0.2) is 5.78 Å². The van der Waals surface area contributed by atoms with Gasteiger partial charge in [-0.1, -0.05) is 24.3 Å². The molecule has 0 bridgehead atoms. The van der Waals surface area contributed by atoms with Gasteiger partial charge >= 0.3 is 0 Å². The van der Waals surface area contributed by atoms with E-state index in [1.165, 1.54) is 29.6 Å². The van der Waals surface area contributed by atoms with Gasteiger partial charge in [-0.15, -0.1) is 0 Å². The summed E-state index contributed by atoms with van der Waals surface area (Å²) in [4.78, 5) is 28.8. The number of aromatic hydroxyl groups is 1. The number of carbonyl (C=O) groups excluding carboxylic acids is 2. The molecular formula is C29H36FN3O5S. The molecule has 0 spiro atoms. The lowest BCUT2D eigenvalue weighted by atomic mass is 9.72. The van der Waals surface area contributed by atoms with Gasteiger partial charge < -0.3 is 15.2 Å². The molecule has 2 aromatic rings. The molecule has 4 rings (SSSR count). The minimum absolute atomic E-state index is 0.0433. The molecular weight excluding hydrogens is 521 g/mol. The molecule has 1 unspecified atom stereocenters. The number of phenols is 1.